The van der Waals surface area contributed by atoms with Crippen molar-refractivity contribution in [3.63, 3.8) is 0 Å². The van der Waals surface area contributed by atoms with E-state index in [2.05, 4.69) is 46.2 Å². The summed E-state index contributed by atoms with van der Waals surface area (Å²) in [6.07, 6.45) is 16.0. The van der Waals surface area contributed by atoms with Gasteiger partial charge < -0.3 is 4.90 Å². The normalized spacial score (nSPS) is 12.0. The molecule has 168 valence electrons. The van der Waals surface area contributed by atoms with Gasteiger partial charge in [-0.05, 0) is 44.9 Å². The van der Waals surface area contributed by atoms with Crippen molar-refractivity contribution in [1.82, 2.24) is 14.5 Å². The minimum atomic E-state index is -0.0570. The molecule has 0 radical (unpaired) electrons. The Bertz CT molecular complexity index is 752. The Kier molecular flexibility index (Phi) is 13.4. The van der Waals surface area contributed by atoms with E-state index in [1.165, 1.54) is 51.4 Å². The Hall–Kier alpha value is -1.62. The fourth-order valence-electron chi connectivity index (χ4n) is 3.51. The van der Waals surface area contributed by atoms with Gasteiger partial charge in [0.2, 0.25) is 0 Å². The van der Waals surface area contributed by atoms with Gasteiger partial charge in [0.25, 0.3) is 5.56 Å². The third-order valence-corrected chi connectivity index (χ3v) is 5.50. The number of alkyl halides is 1. The SMILES string of the molecule is C=C(/C=C\C(=C/CBr)n1c(C)nc(C)cc1=O)N(CCCCCC)CCCCCC. The standard InChI is InChI=1S/C25H40BrN3O/c1-6-8-10-12-18-28(19-13-11-9-7-2)22(4)14-15-24(16-17-26)29-23(5)27-21(3)20-25(29)30/h14-16,20H,4,6-13,17-19H2,1-3,5H3/b15-14-,24-16+. The first kappa shape index (κ1) is 26.4. The molecule has 0 saturated heterocycles. The highest BCUT2D eigenvalue weighted by Crippen LogP contribution is 2.14. The highest BCUT2D eigenvalue weighted by atomic mass is 79.9. The summed E-state index contributed by atoms with van der Waals surface area (Å²) in [5.74, 6) is 0.693. The smallest absolute Gasteiger partial charge is 0.258 e. The van der Waals surface area contributed by atoms with Crippen LogP contribution < -0.4 is 5.56 Å². The summed E-state index contributed by atoms with van der Waals surface area (Å²) in [6, 6.07) is 1.57. The second-order valence-electron chi connectivity index (χ2n) is 7.83. The van der Waals surface area contributed by atoms with Crippen molar-refractivity contribution < 1.29 is 0 Å². The molecule has 0 amide bonds. The van der Waals surface area contributed by atoms with Crippen LogP contribution in [0.4, 0.5) is 0 Å². The van der Waals surface area contributed by atoms with Crippen LogP contribution >= 0.6 is 15.9 Å². The maximum atomic E-state index is 12.6. The third-order valence-electron chi connectivity index (χ3n) is 5.17. The van der Waals surface area contributed by atoms with E-state index in [0.29, 0.717) is 11.2 Å². The van der Waals surface area contributed by atoms with Gasteiger partial charge in [0.1, 0.15) is 5.82 Å². The van der Waals surface area contributed by atoms with Crippen molar-refractivity contribution in [2.24, 2.45) is 0 Å². The maximum Gasteiger partial charge on any atom is 0.258 e. The summed E-state index contributed by atoms with van der Waals surface area (Å²) < 4.78 is 1.66. The fourth-order valence-corrected chi connectivity index (χ4v) is 3.84. The van der Waals surface area contributed by atoms with E-state index in [9.17, 15) is 4.79 Å². The fraction of sp³-hybridized carbons (Fsp3) is 0.600. The zero-order valence-electron chi connectivity index (χ0n) is 19.4. The highest BCUT2D eigenvalue weighted by molar-refractivity contribution is 9.09. The van der Waals surface area contributed by atoms with Gasteiger partial charge in [-0.3, -0.25) is 9.36 Å². The van der Waals surface area contributed by atoms with Gasteiger partial charge in [-0.25, -0.2) is 4.98 Å². The van der Waals surface area contributed by atoms with E-state index in [1.807, 2.05) is 32.1 Å². The lowest BCUT2D eigenvalue weighted by atomic mass is 10.1. The van der Waals surface area contributed by atoms with E-state index >= 15 is 0 Å². The lowest BCUT2D eigenvalue weighted by Crippen LogP contribution is -2.25. The molecule has 1 aromatic rings. The summed E-state index contributed by atoms with van der Waals surface area (Å²) in [7, 11) is 0. The number of halogens is 1. The zero-order chi connectivity index (χ0) is 22.4. The first-order chi connectivity index (χ1) is 14.4. The molecule has 1 rings (SSSR count). The van der Waals surface area contributed by atoms with Crippen LogP contribution in [0.3, 0.4) is 0 Å². The first-order valence-corrected chi connectivity index (χ1v) is 12.5. The van der Waals surface area contributed by atoms with Gasteiger partial charge in [-0.2, -0.15) is 0 Å². The van der Waals surface area contributed by atoms with Crippen molar-refractivity contribution in [3.05, 3.63) is 58.4 Å². The number of rotatable bonds is 15. The number of unbranched alkanes of at least 4 members (excludes halogenated alkanes) is 6. The molecule has 30 heavy (non-hydrogen) atoms. The Labute approximate surface area is 191 Å². The quantitative estimate of drug-likeness (QED) is 0.161. The summed E-state index contributed by atoms with van der Waals surface area (Å²) in [4.78, 5) is 19.4. The zero-order valence-corrected chi connectivity index (χ0v) is 21.0. The van der Waals surface area contributed by atoms with Gasteiger partial charge in [0, 0.05) is 41.6 Å². The molecule has 0 unspecified atom stereocenters. The van der Waals surface area contributed by atoms with E-state index < -0.39 is 0 Å². The van der Waals surface area contributed by atoms with Gasteiger partial charge in [0.05, 0.1) is 0 Å². The van der Waals surface area contributed by atoms with Crippen molar-refractivity contribution >= 4 is 21.6 Å². The molecule has 0 spiro atoms. The minimum Gasteiger partial charge on any atom is -0.372 e. The van der Waals surface area contributed by atoms with Crippen LogP contribution in [0.2, 0.25) is 0 Å². The van der Waals surface area contributed by atoms with Crippen LogP contribution in [-0.2, 0) is 0 Å². The minimum absolute atomic E-state index is 0.0570. The summed E-state index contributed by atoms with van der Waals surface area (Å²) in [5.41, 5.74) is 2.51. The average molecular weight is 479 g/mol. The molecule has 4 nitrogen and oxygen atoms in total. The van der Waals surface area contributed by atoms with Crippen LogP contribution in [0.25, 0.3) is 5.70 Å². The molecule has 0 aliphatic heterocycles. The van der Waals surface area contributed by atoms with Gasteiger partial charge in [0.15, 0.2) is 0 Å². The molecule has 0 aromatic carbocycles. The molecule has 0 aliphatic carbocycles. The van der Waals surface area contributed by atoms with Crippen LogP contribution in [-0.4, -0.2) is 32.9 Å². The molecule has 0 aliphatic rings. The molecule has 1 heterocycles. The molecule has 5 heteroatoms. The summed E-state index contributed by atoms with van der Waals surface area (Å²) >= 11 is 3.47. The monoisotopic (exact) mass is 477 g/mol. The highest BCUT2D eigenvalue weighted by Gasteiger charge is 2.08. The molecule has 0 N–H and O–H groups in total. The molecular formula is C25H40BrN3O. The first-order valence-electron chi connectivity index (χ1n) is 11.4. The number of hydrogen-bond acceptors (Lipinski definition) is 3. The predicted molar refractivity (Wildman–Crippen MR) is 134 cm³/mol. The Balaban J connectivity index is 2.96. The molecule has 0 fully saturated rings. The van der Waals surface area contributed by atoms with Gasteiger partial charge in [-0.15, -0.1) is 0 Å². The number of allylic oxidation sites excluding steroid dienone is 4. The molecule has 0 atom stereocenters. The second kappa shape index (κ2) is 15.2. The lowest BCUT2D eigenvalue weighted by Gasteiger charge is -2.25. The van der Waals surface area contributed by atoms with E-state index in [1.54, 1.807) is 10.6 Å². The molecule has 0 bridgehead atoms. The van der Waals surface area contributed by atoms with Gasteiger partial charge >= 0.3 is 0 Å². The van der Waals surface area contributed by atoms with Crippen LogP contribution in [0.5, 0.6) is 0 Å². The number of aryl methyl sites for hydroxylation is 2. The predicted octanol–water partition coefficient (Wildman–Crippen LogP) is 6.63. The topological polar surface area (TPSA) is 38.1 Å². The van der Waals surface area contributed by atoms with Crippen LogP contribution in [0.1, 0.15) is 76.7 Å². The Morgan fingerprint density at radius 2 is 1.67 bits per heavy atom. The van der Waals surface area contributed by atoms with E-state index in [-0.39, 0.29) is 5.56 Å². The number of nitrogens with zero attached hydrogens (tertiary/aromatic N) is 3. The lowest BCUT2D eigenvalue weighted by molar-refractivity contribution is 0.334. The molecule has 0 saturated carbocycles. The summed E-state index contributed by atoms with van der Waals surface area (Å²) in [5, 5.41) is 0.663. The second-order valence-corrected chi connectivity index (χ2v) is 8.48. The average Bonchev–Trinajstić information content (AvgIpc) is 2.69. The largest absolute Gasteiger partial charge is 0.372 e. The maximum absolute atomic E-state index is 12.6. The number of aromatic nitrogens is 2. The Morgan fingerprint density at radius 3 is 2.17 bits per heavy atom. The van der Waals surface area contributed by atoms with Crippen LogP contribution in [0, 0.1) is 13.8 Å². The summed E-state index contributed by atoms with van der Waals surface area (Å²) in [6.45, 7) is 14.6. The Morgan fingerprint density at radius 1 is 1.07 bits per heavy atom. The van der Waals surface area contributed by atoms with E-state index in [4.69, 9.17) is 0 Å². The third kappa shape index (κ3) is 9.46. The van der Waals surface area contributed by atoms with Crippen LogP contribution in [0.15, 0.2) is 41.4 Å². The van der Waals surface area contributed by atoms with Crippen molar-refractivity contribution in [1.29, 1.82) is 0 Å². The van der Waals surface area contributed by atoms with Crippen molar-refractivity contribution in [3.8, 4) is 0 Å². The van der Waals surface area contributed by atoms with E-state index in [0.717, 1.165) is 30.2 Å². The van der Waals surface area contributed by atoms with Crippen molar-refractivity contribution in [2.45, 2.75) is 79.1 Å². The number of hydrogen-bond donors (Lipinski definition) is 0. The van der Waals surface area contributed by atoms with Gasteiger partial charge in [-0.1, -0.05) is 74.9 Å². The molecular weight excluding hydrogens is 438 g/mol. The van der Waals surface area contributed by atoms with Crippen molar-refractivity contribution in [2.75, 3.05) is 18.4 Å². The molecule has 1 aromatic heterocycles.